The third-order valence-corrected chi connectivity index (χ3v) is 5.71. The standard InChI is InChI=1S/C28H43N3O4/c1-10-13-18-29-25(32)24(22-16-14-21(12-3)15-17-22)31(19(4)5)26(33)23(20(6)11-2)30-27(34)35-28(7,8)9/h3,14-17,19-20,23-24H,10-11,13,18H2,1-2,4-9H3,(H,29,32)(H,30,34). The first-order chi connectivity index (χ1) is 16.4. The average Bonchev–Trinajstić information content (AvgIpc) is 2.78. The number of rotatable bonds is 11. The Labute approximate surface area is 211 Å². The number of unbranched alkanes of at least 4 members (excludes halogenated alkanes) is 1. The monoisotopic (exact) mass is 485 g/mol. The van der Waals surface area contributed by atoms with E-state index in [1.165, 1.54) is 0 Å². The minimum absolute atomic E-state index is 0.177. The smallest absolute Gasteiger partial charge is 0.408 e. The van der Waals surface area contributed by atoms with Crippen molar-refractivity contribution < 1.29 is 19.1 Å². The van der Waals surface area contributed by atoms with Gasteiger partial charge in [-0.3, -0.25) is 9.59 Å². The lowest BCUT2D eigenvalue weighted by atomic mass is 9.94. The number of alkyl carbamates (subject to hydrolysis) is 1. The van der Waals surface area contributed by atoms with Crippen LogP contribution in [0.4, 0.5) is 4.79 Å². The Morgan fingerprint density at radius 2 is 1.69 bits per heavy atom. The topological polar surface area (TPSA) is 87.7 Å². The Morgan fingerprint density at radius 1 is 1.09 bits per heavy atom. The van der Waals surface area contributed by atoms with E-state index in [1.54, 1.807) is 49.9 Å². The summed E-state index contributed by atoms with van der Waals surface area (Å²) in [6.45, 7) is 15.4. The molecule has 0 aromatic heterocycles. The molecule has 7 heteroatoms. The zero-order valence-corrected chi connectivity index (χ0v) is 22.6. The van der Waals surface area contributed by atoms with Crippen LogP contribution < -0.4 is 10.6 Å². The molecule has 0 aliphatic rings. The van der Waals surface area contributed by atoms with Gasteiger partial charge in [0.05, 0.1) is 0 Å². The molecule has 3 amide bonds. The maximum Gasteiger partial charge on any atom is 0.408 e. The molecule has 7 nitrogen and oxygen atoms in total. The molecule has 0 bridgehead atoms. The van der Waals surface area contributed by atoms with Crippen LogP contribution in [-0.4, -0.2) is 47.0 Å². The molecular weight excluding hydrogens is 442 g/mol. The first-order valence-electron chi connectivity index (χ1n) is 12.5. The lowest BCUT2D eigenvalue weighted by Gasteiger charge is -2.38. The number of hydrogen-bond donors (Lipinski definition) is 2. The summed E-state index contributed by atoms with van der Waals surface area (Å²) in [6.07, 6.45) is 7.26. The number of nitrogens with zero attached hydrogens (tertiary/aromatic N) is 1. The van der Waals surface area contributed by atoms with Crippen molar-refractivity contribution >= 4 is 17.9 Å². The number of terminal acetylenes is 1. The van der Waals surface area contributed by atoms with Crippen molar-refractivity contribution in [3.05, 3.63) is 35.4 Å². The molecule has 0 fully saturated rings. The summed E-state index contributed by atoms with van der Waals surface area (Å²) in [6, 6.07) is 5.03. The summed E-state index contributed by atoms with van der Waals surface area (Å²) < 4.78 is 5.42. The summed E-state index contributed by atoms with van der Waals surface area (Å²) in [5.74, 6) is 1.79. The highest BCUT2D eigenvalue weighted by Gasteiger charge is 2.39. The molecule has 0 saturated heterocycles. The van der Waals surface area contributed by atoms with Crippen LogP contribution in [-0.2, 0) is 14.3 Å². The molecule has 1 aromatic rings. The van der Waals surface area contributed by atoms with Crippen LogP contribution >= 0.6 is 0 Å². The molecule has 0 aliphatic heterocycles. The predicted octanol–water partition coefficient (Wildman–Crippen LogP) is 4.80. The second-order valence-electron chi connectivity index (χ2n) is 10.2. The van der Waals surface area contributed by atoms with Gasteiger partial charge in [-0.1, -0.05) is 51.7 Å². The van der Waals surface area contributed by atoms with Gasteiger partial charge in [0.1, 0.15) is 17.7 Å². The first-order valence-corrected chi connectivity index (χ1v) is 12.5. The van der Waals surface area contributed by atoms with Crippen LogP contribution in [0.1, 0.15) is 91.8 Å². The molecule has 3 unspecified atom stereocenters. The molecule has 3 atom stereocenters. The highest BCUT2D eigenvalue weighted by molar-refractivity contribution is 5.92. The summed E-state index contributed by atoms with van der Waals surface area (Å²) in [7, 11) is 0. The van der Waals surface area contributed by atoms with Crippen LogP contribution in [0.5, 0.6) is 0 Å². The molecule has 0 saturated carbocycles. The van der Waals surface area contributed by atoms with Gasteiger partial charge < -0.3 is 20.3 Å². The van der Waals surface area contributed by atoms with Crippen LogP contribution in [0.2, 0.25) is 0 Å². The number of amides is 3. The van der Waals surface area contributed by atoms with Gasteiger partial charge in [-0.2, -0.15) is 0 Å². The van der Waals surface area contributed by atoms with E-state index in [-0.39, 0.29) is 23.8 Å². The maximum atomic E-state index is 14.0. The SMILES string of the molecule is C#Cc1ccc(C(C(=O)NCCCC)N(C(=O)C(NC(=O)OC(C)(C)C)C(C)CC)C(C)C)cc1. The van der Waals surface area contributed by atoms with E-state index in [0.717, 1.165) is 12.8 Å². The van der Waals surface area contributed by atoms with Gasteiger partial charge in [-0.15, -0.1) is 6.42 Å². The molecule has 35 heavy (non-hydrogen) atoms. The van der Waals surface area contributed by atoms with Gasteiger partial charge in [-0.25, -0.2) is 4.79 Å². The van der Waals surface area contributed by atoms with Gasteiger partial charge in [-0.05, 0) is 64.7 Å². The van der Waals surface area contributed by atoms with Crippen molar-refractivity contribution in [1.29, 1.82) is 0 Å². The zero-order chi connectivity index (χ0) is 26.8. The van der Waals surface area contributed by atoms with Crippen molar-refractivity contribution in [2.24, 2.45) is 5.92 Å². The summed E-state index contributed by atoms with van der Waals surface area (Å²) >= 11 is 0. The predicted molar refractivity (Wildman–Crippen MR) is 140 cm³/mol. The average molecular weight is 486 g/mol. The maximum absolute atomic E-state index is 14.0. The highest BCUT2D eigenvalue weighted by atomic mass is 16.6. The van der Waals surface area contributed by atoms with E-state index < -0.39 is 23.8 Å². The van der Waals surface area contributed by atoms with E-state index in [1.807, 2.05) is 34.6 Å². The van der Waals surface area contributed by atoms with Crippen LogP contribution in [0, 0.1) is 18.3 Å². The first kappa shape index (κ1) is 30.0. The number of ether oxygens (including phenoxy) is 1. The van der Waals surface area contributed by atoms with Crippen molar-refractivity contribution in [3.63, 3.8) is 0 Å². The lowest BCUT2D eigenvalue weighted by molar-refractivity contribution is -0.145. The second kappa shape index (κ2) is 13.8. The van der Waals surface area contributed by atoms with Gasteiger partial charge in [0, 0.05) is 18.2 Å². The van der Waals surface area contributed by atoms with Gasteiger partial charge in [0.2, 0.25) is 11.8 Å². The van der Waals surface area contributed by atoms with Crippen molar-refractivity contribution in [2.45, 2.75) is 98.4 Å². The Bertz CT molecular complexity index is 881. The molecule has 0 radical (unpaired) electrons. The lowest BCUT2D eigenvalue weighted by Crippen LogP contribution is -2.57. The molecule has 0 spiro atoms. The fourth-order valence-electron chi connectivity index (χ4n) is 3.64. The fraction of sp³-hybridized carbons (Fsp3) is 0.607. The van der Waals surface area contributed by atoms with Crippen LogP contribution in [0.15, 0.2) is 24.3 Å². The molecule has 1 rings (SSSR count). The molecule has 1 aromatic carbocycles. The Balaban J connectivity index is 3.45. The zero-order valence-electron chi connectivity index (χ0n) is 22.6. The van der Waals surface area contributed by atoms with Gasteiger partial charge >= 0.3 is 6.09 Å². The summed E-state index contributed by atoms with van der Waals surface area (Å²) in [5, 5.41) is 5.73. The minimum Gasteiger partial charge on any atom is -0.444 e. The second-order valence-corrected chi connectivity index (χ2v) is 10.2. The number of nitrogens with one attached hydrogen (secondary N) is 2. The van der Waals surface area contributed by atoms with Crippen molar-refractivity contribution in [3.8, 4) is 12.3 Å². The third-order valence-electron chi connectivity index (χ3n) is 5.71. The van der Waals surface area contributed by atoms with Crippen LogP contribution in [0.3, 0.4) is 0 Å². The number of carbonyl (C=O) groups excluding carboxylic acids is 3. The largest absolute Gasteiger partial charge is 0.444 e. The summed E-state index contributed by atoms with van der Waals surface area (Å²) in [5.41, 5.74) is 0.635. The van der Waals surface area contributed by atoms with E-state index in [4.69, 9.17) is 11.2 Å². The molecule has 194 valence electrons. The number of carbonyl (C=O) groups is 3. The van der Waals surface area contributed by atoms with E-state index in [0.29, 0.717) is 24.1 Å². The molecule has 2 N–H and O–H groups in total. The van der Waals surface area contributed by atoms with Crippen molar-refractivity contribution in [1.82, 2.24) is 15.5 Å². The van der Waals surface area contributed by atoms with E-state index in [9.17, 15) is 14.4 Å². The normalized spacial score (nSPS) is 13.8. The fourth-order valence-corrected chi connectivity index (χ4v) is 3.64. The Morgan fingerprint density at radius 3 is 2.14 bits per heavy atom. The molecular formula is C28H43N3O4. The number of hydrogen-bond acceptors (Lipinski definition) is 4. The summed E-state index contributed by atoms with van der Waals surface area (Å²) in [4.78, 5) is 41.6. The van der Waals surface area contributed by atoms with Gasteiger partial charge in [0.25, 0.3) is 0 Å². The minimum atomic E-state index is -0.877. The Hall–Kier alpha value is -3.01. The quantitative estimate of drug-likeness (QED) is 0.348. The Kier molecular flexibility index (Phi) is 11.8. The molecule has 0 aliphatic carbocycles. The van der Waals surface area contributed by atoms with E-state index >= 15 is 0 Å². The van der Waals surface area contributed by atoms with E-state index in [2.05, 4.69) is 16.6 Å². The van der Waals surface area contributed by atoms with Crippen molar-refractivity contribution in [2.75, 3.05) is 6.54 Å². The molecule has 0 heterocycles. The third kappa shape index (κ3) is 9.28. The highest BCUT2D eigenvalue weighted by Crippen LogP contribution is 2.27. The van der Waals surface area contributed by atoms with Gasteiger partial charge in [0.15, 0.2) is 0 Å². The van der Waals surface area contributed by atoms with Crippen LogP contribution in [0.25, 0.3) is 0 Å². The number of benzene rings is 1.